The third-order valence-electron chi connectivity index (χ3n) is 2.64. The Bertz CT molecular complexity index is 380. The smallest absolute Gasteiger partial charge is 0.324 e. The number of halogens is 1. The van der Waals surface area contributed by atoms with E-state index in [4.69, 9.17) is 10.2 Å². The molecule has 0 aliphatic carbocycles. The van der Waals surface area contributed by atoms with E-state index in [9.17, 15) is 10.1 Å². The fourth-order valence-electron chi connectivity index (χ4n) is 1.68. The number of nitro groups is 1. The lowest BCUT2D eigenvalue weighted by Gasteiger charge is -2.32. The van der Waals surface area contributed by atoms with Crippen molar-refractivity contribution < 1.29 is 32.0 Å². The van der Waals surface area contributed by atoms with Crippen LogP contribution in [0.15, 0.2) is 12.1 Å². The van der Waals surface area contributed by atoms with E-state index in [-0.39, 0.29) is 30.6 Å². The summed E-state index contributed by atoms with van der Waals surface area (Å²) >= 11 is 1.14. The minimum Gasteiger partial charge on any atom is -1.00 e. The predicted octanol–water partition coefficient (Wildman–Crippen LogP) is -2.41. The fourth-order valence-corrected chi connectivity index (χ4v) is 2.67. The minimum atomic E-state index is -0.406. The highest BCUT2D eigenvalue weighted by Crippen LogP contribution is 2.26. The van der Waals surface area contributed by atoms with Crippen molar-refractivity contribution in [1.29, 1.82) is 0 Å². The van der Waals surface area contributed by atoms with Crippen LogP contribution in [0.1, 0.15) is 4.88 Å². The van der Waals surface area contributed by atoms with E-state index in [2.05, 4.69) is 0 Å². The first kappa shape index (κ1) is 17.3. The molecule has 0 unspecified atom stereocenters. The Balaban J connectivity index is 0.00000289. The number of likely N-dealkylation sites (N-methyl/N-ethyl adjacent to an activating group) is 1. The van der Waals surface area contributed by atoms with Gasteiger partial charge in [0.25, 0.3) is 0 Å². The molecule has 0 atom stereocenters. The second-order valence-electron chi connectivity index (χ2n) is 4.17. The zero-order valence-electron chi connectivity index (χ0n) is 10.1. The first-order chi connectivity index (χ1) is 8.00. The van der Waals surface area contributed by atoms with Crippen molar-refractivity contribution >= 4 is 16.3 Å². The Kier molecular flexibility index (Phi) is 7.34. The summed E-state index contributed by atoms with van der Waals surface area (Å²) in [4.78, 5) is 11.0. The van der Waals surface area contributed by atoms with Crippen LogP contribution in [0.5, 0.6) is 0 Å². The molecule has 1 heterocycles. The maximum atomic E-state index is 10.6. The van der Waals surface area contributed by atoms with Gasteiger partial charge in [0.05, 0.1) is 30.1 Å². The molecule has 1 rings (SSSR count). The van der Waals surface area contributed by atoms with E-state index in [0.29, 0.717) is 24.1 Å². The summed E-state index contributed by atoms with van der Waals surface area (Å²) in [5.74, 6) is 0. The molecule has 104 valence electrons. The lowest BCUT2D eigenvalue weighted by atomic mass is 10.3. The molecule has 6 nitrogen and oxygen atoms in total. The molecular formula is C10H17ClN2O4S. The molecular weight excluding hydrogens is 280 g/mol. The van der Waals surface area contributed by atoms with Crippen LogP contribution in [0.3, 0.4) is 0 Å². The summed E-state index contributed by atoms with van der Waals surface area (Å²) < 4.78 is 0.477. The highest BCUT2D eigenvalue weighted by Gasteiger charge is 2.23. The minimum absolute atomic E-state index is 0. The van der Waals surface area contributed by atoms with Crippen LogP contribution < -0.4 is 12.4 Å². The molecule has 0 aliphatic heterocycles. The third-order valence-corrected chi connectivity index (χ3v) is 3.67. The van der Waals surface area contributed by atoms with Gasteiger partial charge < -0.3 is 27.1 Å². The van der Waals surface area contributed by atoms with Gasteiger partial charge in [-0.3, -0.25) is 10.1 Å². The van der Waals surface area contributed by atoms with Gasteiger partial charge in [0, 0.05) is 6.07 Å². The highest BCUT2D eigenvalue weighted by atomic mass is 35.5. The second-order valence-corrected chi connectivity index (χ2v) is 5.32. The number of aliphatic hydroxyl groups excluding tert-OH is 2. The molecule has 0 saturated carbocycles. The van der Waals surface area contributed by atoms with Crippen molar-refractivity contribution in [3.8, 4) is 0 Å². The van der Waals surface area contributed by atoms with Crippen molar-refractivity contribution in [2.45, 2.75) is 6.54 Å². The van der Waals surface area contributed by atoms with Gasteiger partial charge in [-0.15, -0.1) is 0 Å². The van der Waals surface area contributed by atoms with E-state index in [0.717, 1.165) is 16.2 Å². The maximum Gasteiger partial charge on any atom is 0.324 e. The summed E-state index contributed by atoms with van der Waals surface area (Å²) in [6, 6.07) is 3.22. The molecule has 0 fully saturated rings. The topological polar surface area (TPSA) is 83.6 Å². The molecule has 18 heavy (non-hydrogen) atoms. The van der Waals surface area contributed by atoms with Gasteiger partial charge in [-0.2, -0.15) is 0 Å². The molecule has 0 bridgehead atoms. The number of aliphatic hydroxyl groups is 2. The van der Waals surface area contributed by atoms with Gasteiger partial charge >= 0.3 is 5.00 Å². The van der Waals surface area contributed by atoms with Crippen LogP contribution in [0.2, 0.25) is 0 Å². The van der Waals surface area contributed by atoms with Gasteiger partial charge in [0.2, 0.25) is 0 Å². The van der Waals surface area contributed by atoms with E-state index >= 15 is 0 Å². The van der Waals surface area contributed by atoms with Crippen LogP contribution >= 0.6 is 11.3 Å². The molecule has 0 aliphatic rings. The summed E-state index contributed by atoms with van der Waals surface area (Å²) in [5, 5.41) is 28.7. The van der Waals surface area contributed by atoms with Crippen LogP contribution in [-0.2, 0) is 6.54 Å². The lowest BCUT2D eigenvalue weighted by molar-refractivity contribution is -0.922. The zero-order valence-corrected chi connectivity index (χ0v) is 11.7. The largest absolute Gasteiger partial charge is 1.00 e. The first-order valence-corrected chi connectivity index (χ1v) is 6.11. The zero-order chi connectivity index (χ0) is 12.9. The Morgan fingerprint density at radius 2 is 1.89 bits per heavy atom. The molecule has 0 amide bonds. The number of hydrogen-bond acceptors (Lipinski definition) is 5. The Morgan fingerprint density at radius 3 is 2.28 bits per heavy atom. The molecule has 8 heteroatoms. The number of thiophene rings is 1. The Hall–Kier alpha value is -0.730. The molecule has 0 spiro atoms. The van der Waals surface area contributed by atoms with Crippen LogP contribution in [-0.4, -0.2) is 53.0 Å². The van der Waals surface area contributed by atoms with Crippen molar-refractivity contribution in [2.75, 3.05) is 33.4 Å². The first-order valence-electron chi connectivity index (χ1n) is 5.29. The standard InChI is InChI=1S/C10H17N2O4S.ClH/c1-12(4-6-13,5-7-14)8-9-2-3-10(17-9)11(15)16;/h2-3,13-14H,4-8H2,1H3;1H/q+1;/p-1. The quantitative estimate of drug-likeness (QED) is 0.334. The van der Waals surface area contributed by atoms with E-state index in [1.807, 2.05) is 7.05 Å². The fraction of sp³-hybridized carbons (Fsp3) is 0.600. The number of rotatable bonds is 7. The SMILES string of the molecule is C[N+](CCO)(CCO)Cc1ccc([N+](=O)[O-])s1.[Cl-]. The van der Waals surface area contributed by atoms with Gasteiger partial charge in [-0.25, -0.2) is 0 Å². The summed E-state index contributed by atoms with van der Waals surface area (Å²) in [7, 11) is 1.91. The van der Waals surface area contributed by atoms with E-state index < -0.39 is 4.92 Å². The van der Waals surface area contributed by atoms with Gasteiger partial charge in [-0.05, 0) is 6.07 Å². The normalized spacial score (nSPS) is 11.1. The number of hydrogen-bond donors (Lipinski definition) is 2. The summed E-state index contributed by atoms with van der Waals surface area (Å²) in [5.41, 5.74) is 0. The molecule has 0 radical (unpaired) electrons. The van der Waals surface area contributed by atoms with Gasteiger partial charge in [0.1, 0.15) is 19.6 Å². The molecule has 2 N–H and O–H groups in total. The molecule has 1 aromatic rings. The average Bonchev–Trinajstić information content (AvgIpc) is 2.66. The Morgan fingerprint density at radius 1 is 1.33 bits per heavy atom. The molecule has 1 aromatic heterocycles. The number of quaternary nitrogens is 1. The van der Waals surface area contributed by atoms with E-state index in [1.54, 1.807) is 6.07 Å². The Labute approximate surface area is 116 Å². The van der Waals surface area contributed by atoms with Gasteiger partial charge in [-0.1, -0.05) is 11.3 Å². The third kappa shape index (κ3) is 4.87. The number of nitrogens with zero attached hydrogens (tertiary/aromatic N) is 2. The van der Waals surface area contributed by atoms with Crippen LogP contribution in [0.4, 0.5) is 5.00 Å². The van der Waals surface area contributed by atoms with Crippen molar-refractivity contribution in [3.63, 3.8) is 0 Å². The maximum absolute atomic E-state index is 10.6. The summed E-state index contributed by atoms with van der Waals surface area (Å²) in [6.45, 7) is 1.69. The monoisotopic (exact) mass is 296 g/mol. The summed E-state index contributed by atoms with van der Waals surface area (Å²) in [6.07, 6.45) is 0. The van der Waals surface area contributed by atoms with E-state index in [1.165, 1.54) is 6.07 Å². The molecule has 0 saturated heterocycles. The van der Waals surface area contributed by atoms with Crippen molar-refractivity contribution in [1.82, 2.24) is 0 Å². The van der Waals surface area contributed by atoms with Crippen LogP contribution in [0.25, 0.3) is 0 Å². The second kappa shape index (κ2) is 7.65. The lowest BCUT2D eigenvalue weighted by Crippen LogP contribution is -3.00. The van der Waals surface area contributed by atoms with Crippen molar-refractivity contribution in [2.24, 2.45) is 0 Å². The molecule has 0 aromatic carbocycles. The predicted molar refractivity (Wildman–Crippen MR) is 64.8 cm³/mol. The average molecular weight is 297 g/mol. The van der Waals surface area contributed by atoms with Crippen LogP contribution in [0, 0.1) is 10.1 Å². The van der Waals surface area contributed by atoms with Gasteiger partial charge in [0.15, 0.2) is 0 Å². The highest BCUT2D eigenvalue weighted by molar-refractivity contribution is 7.15. The van der Waals surface area contributed by atoms with Crippen molar-refractivity contribution in [3.05, 3.63) is 27.1 Å².